The minimum Gasteiger partial charge on any atom is -0.493 e. The van der Waals surface area contributed by atoms with Gasteiger partial charge in [-0.15, -0.1) is 0 Å². The van der Waals surface area contributed by atoms with Gasteiger partial charge < -0.3 is 14.2 Å². The fourth-order valence-electron chi connectivity index (χ4n) is 5.17. The average molecular weight is 504 g/mol. The topological polar surface area (TPSA) is 30.5 Å². The quantitative estimate of drug-likeness (QED) is 0.233. The average Bonchev–Trinajstić information content (AvgIpc) is 2.84. The minimum atomic E-state index is -0.226. The summed E-state index contributed by atoms with van der Waals surface area (Å²) in [5.74, 6) is 2.09. The van der Waals surface area contributed by atoms with E-state index in [4.69, 9.17) is 9.47 Å². The van der Waals surface area contributed by atoms with E-state index in [1.54, 1.807) is 11.9 Å². The lowest BCUT2D eigenvalue weighted by Crippen LogP contribution is -2.22. The third-order valence-corrected chi connectivity index (χ3v) is 7.56. The summed E-state index contributed by atoms with van der Waals surface area (Å²) in [6, 6.07) is 19.7. The van der Waals surface area contributed by atoms with Crippen LogP contribution in [0.1, 0.15) is 74.5 Å². The Kier molecular flexibility index (Phi) is 8.69. The maximum Gasteiger partial charge on any atom is 0.122 e. The highest BCUT2D eigenvalue weighted by molar-refractivity contribution is 8.00. The third kappa shape index (κ3) is 6.66. The first kappa shape index (κ1) is 26.6. The summed E-state index contributed by atoms with van der Waals surface area (Å²) in [5, 5.41) is 0. The predicted molar refractivity (Wildman–Crippen MR) is 155 cm³/mol. The van der Waals surface area contributed by atoms with E-state index in [9.17, 15) is 0 Å². The summed E-state index contributed by atoms with van der Waals surface area (Å²) in [4.78, 5) is 0. The molecule has 0 fully saturated rings. The van der Waals surface area contributed by atoms with Gasteiger partial charge in [-0.25, -0.2) is 0 Å². The second-order valence-corrected chi connectivity index (χ2v) is 11.7. The van der Waals surface area contributed by atoms with E-state index < -0.39 is 0 Å². The first-order chi connectivity index (χ1) is 17.2. The lowest BCUT2D eigenvalue weighted by Gasteiger charge is -2.30. The van der Waals surface area contributed by atoms with Gasteiger partial charge in [-0.1, -0.05) is 48.3 Å². The van der Waals surface area contributed by atoms with Crippen molar-refractivity contribution in [2.45, 2.75) is 78.9 Å². The zero-order chi connectivity index (χ0) is 25.7. The van der Waals surface area contributed by atoms with Gasteiger partial charge in [0, 0.05) is 11.4 Å². The first-order valence-electron chi connectivity index (χ1n) is 13.2. The van der Waals surface area contributed by atoms with Crippen LogP contribution in [0.2, 0.25) is 0 Å². The molecule has 0 spiro atoms. The normalized spacial score (nSPS) is 14.2. The smallest absolute Gasteiger partial charge is 0.122 e. The van der Waals surface area contributed by atoms with Crippen LogP contribution in [0.3, 0.4) is 0 Å². The Labute approximate surface area is 222 Å². The van der Waals surface area contributed by atoms with Crippen LogP contribution >= 0.6 is 11.9 Å². The Hall–Kier alpha value is -2.43. The molecule has 36 heavy (non-hydrogen) atoms. The Morgan fingerprint density at radius 1 is 1.06 bits per heavy atom. The highest BCUT2D eigenvalue weighted by Gasteiger charge is 2.25. The molecule has 4 rings (SSSR count). The van der Waals surface area contributed by atoms with Crippen LogP contribution in [-0.2, 0) is 17.6 Å². The van der Waals surface area contributed by atoms with Crippen molar-refractivity contribution in [1.82, 2.24) is 0 Å². The Bertz CT molecular complexity index is 1170. The predicted octanol–water partition coefficient (Wildman–Crippen LogP) is 8.86. The van der Waals surface area contributed by atoms with Gasteiger partial charge in [0.25, 0.3) is 0 Å². The maximum absolute atomic E-state index is 6.52. The molecule has 0 radical (unpaired) electrons. The van der Waals surface area contributed by atoms with Crippen LogP contribution in [0.5, 0.6) is 5.75 Å². The second-order valence-electron chi connectivity index (χ2n) is 10.8. The van der Waals surface area contributed by atoms with Crippen molar-refractivity contribution < 1.29 is 9.47 Å². The fraction of sp³-hybridized carbons (Fsp3) is 0.438. The number of fused-ring (bicyclic) bond motifs is 1. The van der Waals surface area contributed by atoms with Gasteiger partial charge in [0.15, 0.2) is 0 Å². The number of hydrogen-bond donors (Lipinski definition) is 1. The molecule has 1 aliphatic heterocycles. The van der Waals surface area contributed by atoms with Crippen molar-refractivity contribution in [3.05, 3.63) is 82.4 Å². The molecule has 0 saturated carbocycles. The van der Waals surface area contributed by atoms with Crippen LogP contribution in [0.25, 0.3) is 11.1 Å². The van der Waals surface area contributed by atoms with Crippen LogP contribution in [0.15, 0.2) is 54.6 Å². The lowest BCUT2D eigenvalue weighted by atomic mass is 9.87. The van der Waals surface area contributed by atoms with Crippen molar-refractivity contribution in [3.8, 4) is 16.9 Å². The molecule has 3 aromatic rings. The molecule has 0 aromatic heterocycles. The molecule has 3 aromatic carbocycles. The molecule has 192 valence electrons. The van der Waals surface area contributed by atoms with Gasteiger partial charge in [0.2, 0.25) is 0 Å². The molecule has 0 saturated heterocycles. The molecule has 1 heterocycles. The largest absolute Gasteiger partial charge is 0.493 e. The third-order valence-electron chi connectivity index (χ3n) is 6.70. The van der Waals surface area contributed by atoms with Gasteiger partial charge in [0.1, 0.15) is 5.75 Å². The molecule has 4 heteroatoms. The Balaban J connectivity index is 1.60. The van der Waals surface area contributed by atoms with Gasteiger partial charge in [-0.2, -0.15) is 0 Å². The monoisotopic (exact) mass is 503 g/mol. The van der Waals surface area contributed by atoms with Gasteiger partial charge >= 0.3 is 0 Å². The van der Waals surface area contributed by atoms with Crippen molar-refractivity contribution in [2.24, 2.45) is 0 Å². The summed E-state index contributed by atoms with van der Waals surface area (Å²) in [6.07, 6.45) is 4.37. The van der Waals surface area contributed by atoms with E-state index in [1.807, 2.05) is 0 Å². The molecule has 1 unspecified atom stereocenters. The highest BCUT2D eigenvalue weighted by Crippen LogP contribution is 2.42. The summed E-state index contributed by atoms with van der Waals surface area (Å²) in [6.45, 7) is 13.9. The molecule has 0 bridgehead atoms. The molecule has 1 atom stereocenters. The number of ether oxygens (including phenoxy) is 2. The van der Waals surface area contributed by atoms with E-state index in [0.717, 1.165) is 43.8 Å². The van der Waals surface area contributed by atoms with Gasteiger partial charge in [-0.3, -0.25) is 0 Å². The number of nitrogens with one attached hydrogen (secondary N) is 1. The number of hydrogen-bond acceptors (Lipinski definition) is 4. The maximum atomic E-state index is 6.52. The first-order valence-corrected chi connectivity index (χ1v) is 14.2. The molecular formula is C32H41NO2S. The number of rotatable bonds is 9. The molecule has 0 amide bonds. The lowest BCUT2D eigenvalue weighted by molar-refractivity contribution is -0.0529. The number of benzene rings is 3. The van der Waals surface area contributed by atoms with Crippen molar-refractivity contribution >= 4 is 17.6 Å². The fourth-order valence-corrected chi connectivity index (χ4v) is 5.92. The minimum absolute atomic E-state index is 0.0317. The number of aryl methyl sites for hydroxylation is 3. The molecule has 0 aliphatic carbocycles. The summed E-state index contributed by atoms with van der Waals surface area (Å²) < 4.78 is 16.1. The van der Waals surface area contributed by atoms with Crippen LogP contribution in [-0.4, -0.2) is 18.0 Å². The summed E-state index contributed by atoms with van der Waals surface area (Å²) >= 11 is 1.79. The van der Waals surface area contributed by atoms with E-state index in [-0.39, 0.29) is 11.7 Å². The Morgan fingerprint density at radius 2 is 1.83 bits per heavy atom. The van der Waals surface area contributed by atoms with Gasteiger partial charge in [0.05, 0.1) is 18.3 Å². The second kappa shape index (κ2) is 11.7. The van der Waals surface area contributed by atoms with Crippen molar-refractivity contribution in [2.75, 3.05) is 17.1 Å². The zero-order valence-corrected chi connectivity index (χ0v) is 23.6. The van der Waals surface area contributed by atoms with Crippen LogP contribution in [0.4, 0.5) is 5.69 Å². The van der Waals surface area contributed by atoms with Gasteiger partial charge in [-0.05, 0) is 124 Å². The molecule has 3 nitrogen and oxygen atoms in total. The van der Waals surface area contributed by atoms with E-state index >= 15 is 0 Å². The van der Waals surface area contributed by atoms with Crippen LogP contribution < -0.4 is 9.46 Å². The molecular weight excluding hydrogens is 462 g/mol. The highest BCUT2D eigenvalue weighted by atomic mass is 32.2. The van der Waals surface area contributed by atoms with E-state index in [1.165, 1.54) is 44.6 Å². The molecule has 1 aliphatic rings. The van der Waals surface area contributed by atoms with E-state index in [2.05, 4.69) is 101 Å². The van der Waals surface area contributed by atoms with E-state index in [0.29, 0.717) is 0 Å². The number of anilines is 1. The summed E-state index contributed by atoms with van der Waals surface area (Å²) in [5.41, 5.74) is 10.0. The Morgan fingerprint density at radius 3 is 2.58 bits per heavy atom. The standard InChI is InChI=1S/C32H41NO2S/c1-22-20-28(33-36-19-11-14-25-12-8-7-9-13-25)23(2)31(24(3)35-32(4,5)6)30(22)27-16-17-29-26(21-27)15-10-18-34-29/h7-9,12-13,16-17,20-21,24,33H,10-11,14-15,18-19H2,1-6H3. The summed E-state index contributed by atoms with van der Waals surface area (Å²) in [7, 11) is 0. The molecule has 1 N–H and O–H groups in total. The zero-order valence-electron chi connectivity index (χ0n) is 22.7. The van der Waals surface area contributed by atoms with Crippen LogP contribution in [0, 0.1) is 13.8 Å². The van der Waals surface area contributed by atoms with Crippen molar-refractivity contribution in [3.63, 3.8) is 0 Å². The van der Waals surface area contributed by atoms with Crippen molar-refractivity contribution in [1.29, 1.82) is 0 Å². The SMILES string of the molecule is Cc1cc(NSCCCc2ccccc2)c(C)c(C(C)OC(C)(C)C)c1-c1ccc2c(c1)CCCO2.